The van der Waals surface area contributed by atoms with Crippen molar-refractivity contribution in [2.75, 3.05) is 13.1 Å². The third-order valence-corrected chi connectivity index (χ3v) is 2.95. The molecule has 1 aliphatic heterocycles. The second-order valence-corrected chi connectivity index (χ2v) is 4.25. The van der Waals surface area contributed by atoms with E-state index in [2.05, 4.69) is 15.9 Å². The van der Waals surface area contributed by atoms with Crippen LogP contribution >= 0.6 is 28.3 Å². The Morgan fingerprint density at radius 1 is 1.67 bits per heavy atom. The van der Waals surface area contributed by atoms with Crippen LogP contribution in [-0.4, -0.2) is 29.9 Å². The first-order chi connectivity index (χ1) is 6.68. The number of carbonyl (C=O) groups excluding carboxylic acids is 1. The molecule has 1 fully saturated rings. The number of likely N-dealkylation sites (tertiary alicyclic amines) is 1. The van der Waals surface area contributed by atoms with E-state index in [0.29, 0.717) is 23.3 Å². The van der Waals surface area contributed by atoms with Crippen LogP contribution in [0.1, 0.15) is 17.0 Å². The first kappa shape index (κ1) is 12.5. The van der Waals surface area contributed by atoms with Crippen molar-refractivity contribution in [3.63, 3.8) is 0 Å². The summed E-state index contributed by atoms with van der Waals surface area (Å²) in [5.41, 5.74) is 5.72. The number of nitrogens with zero attached hydrogens (tertiary/aromatic N) is 1. The molecule has 1 amide bonds. The smallest absolute Gasteiger partial charge is 0.290 e. The number of hydrogen-bond donors (Lipinski definition) is 1. The van der Waals surface area contributed by atoms with Crippen molar-refractivity contribution in [1.82, 2.24) is 4.90 Å². The first-order valence-electron chi connectivity index (χ1n) is 4.46. The van der Waals surface area contributed by atoms with Gasteiger partial charge in [-0.15, -0.1) is 12.4 Å². The molecule has 1 atom stereocenters. The van der Waals surface area contributed by atoms with Gasteiger partial charge in [-0.3, -0.25) is 4.79 Å². The average Bonchev–Trinajstić information content (AvgIpc) is 2.73. The highest BCUT2D eigenvalue weighted by molar-refractivity contribution is 9.10. The summed E-state index contributed by atoms with van der Waals surface area (Å²) in [5, 5.41) is 0. The molecule has 0 radical (unpaired) electrons. The number of hydrogen-bond acceptors (Lipinski definition) is 3. The monoisotopic (exact) mass is 294 g/mol. The van der Waals surface area contributed by atoms with Gasteiger partial charge in [0.05, 0.1) is 10.7 Å². The van der Waals surface area contributed by atoms with E-state index in [0.717, 1.165) is 6.42 Å². The summed E-state index contributed by atoms with van der Waals surface area (Å²) in [5.74, 6) is 0.272. The summed E-state index contributed by atoms with van der Waals surface area (Å²) < 4.78 is 5.79. The fourth-order valence-electron chi connectivity index (χ4n) is 1.56. The minimum Gasteiger partial charge on any atom is -0.458 e. The van der Waals surface area contributed by atoms with Crippen LogP contribution < -0.4 is 5.73 Å². The first-order valence-corrected chi connectivity index (χ1v) is 5.25. The predicted molar refractivity (Wildman–Crippen MR) is 62.2 cm³/mol. The van der Waals surface area contributed by atoms with Crippen molar-refractivity contribution in [3.8, 4) is 0 Å². The zero-order valence-electron chi connectivity index (χ0n) is 7.98. The number of nitrogens with two attached hydrogens (primary N) is 1. The van der Waals surface area contributed by atoms with Gasteiger partial charge in [-0.1, -0.05) is 0 Å². The SMILES string of the molecule is Cl.NC1CCN(C(=O)c2occc2Br)C1. The number of rotatable bonds is 1. The number of halogens is 2. The Morgan fingerprint density at radius 3 is 2.87 bits per heavy atom. The van der Waals surface area contributed by atoms with E-state index in [1.54, 1.807) is 11.0 Å². The summed E-state index contributed by atoms with van der Waals surface area (Å²) in [4.78, 5) is 13.5. The minimum atomic E-state index is -0.0881. The lowest BCUT2D eigenvalue weighted by molar-refractivity contribution is 0.0758. The van der Waals surface area contributed by atoms with Gasteiger partial charge in [-0.25, -0.2) is 0 Å². The summed E-state index contributed by atoms with van der Waals surface area (Å²) in [6, 6.07) is 1.82. The second kappa shape index (κ2) is 5.01. The van der Waals surface area contributed by atoms with Crippen LogP contribution in [0.4, 0.5) is 0 Å². The molecule has 0 aliphatic carbocycles. The Labute approximate surface area is 102 Å². The van der Waals surface area contributed by atoms with Crippen molar-refractivity contribution >= 4 is 34.2 Å². The molecule has 4 nitrogen and oxygen atoms in total. The second-order valence-electron chi connectivity index (χ2n) is 3.40. The van der Waals surface area contributed by atoms with Crippen molar-refractivity contribution in [2.45, 2.75) is 12.5 Å². The Kier molecular flexibility index (Phi) is 4.19. The summed E-state index contributed by atoms with van der Waals surface area (Å²) in [6.07, 6.45) is 2.36. The topological polar surface area (TPSA) is 59.5 Å². The predicted octanol–water partition coefficient (Wildman–Crippen LogP) is 1.64. The molecule has 84 valence electrons. The van der Waals surface area contributed by atoms with Gasteiger partial charge < -0.3 is 15.1 Å². The van der Waals surface area contributed by atoms with Crippen molar-refractivity contribution in [3.05, 3.63) is 22.6 Å². The molecule has 2 rings (SSSR count). The number of furan rings is 1. The van der Waals surface area contributed by atoms with Gasteiger partial charge in [0.1, 0.15) is 0 Å². The average molecular weight is 296 g/mol. The fourth-order valence-corrected chi connectivity index (χ4v) is 1.93. The largest absolute Gasteiger partial charge is 0.458 e. The van der Waals surface area contributed by atoms with E-state index < -0.39 is 0 Å². The molecule has 0 bridgehead atoms. The van der Waals surface area contributed by atoms with E-state index in [-0.39, 0.29) is 24.4 Å². The van der Waals surface area contributed by atoms with Gasteiger partial charge in [-0.2, -0.15) is 0 Å². The zero-order valence-corrected chi connectivity index (χ0v) is 10.4. The Bertz CT molecular complexity index is 356. The molecule has 1 aromatic rings. The highest BCUT2D eigenvalue weighted by Crippen LogP contribution is 2.21. The molecule has 15 heavy (non-hydrogen) atoms. The third-order valence-electron chi connectivity index (χ3n) is 2.32. The summed E-state index contributed by atoms with van der Waals surface area (Å²) in [7, 11) is 0. The molecule has 2 heterocycles. The van der Waals surface area contributed by atoms with E-state index in [9.17, 15) is 4.79 Å². The van der Waals surface area contributed by atoms with Crippen LogP contribution in [0.3, 0.4) is 0 Å². The van der Waals surface area contributed by atoms with Crippen LogP contribution in [0, 0.1) is 0 Å². The van der Waals surface area contributed by atoms with Crippen molar-refractivity contribution in [2.24, 2.45) is 5.73 Å². The molecule has 0 spiro atoms. The highest BCUT2D eigenvalue weighted by Gasteiger charge is 2.27. The van der Waals surface area contributed by atoms with Gasteiger partial charge >= 0.3 is 0 Å². The summed E-state index contributed by atoms with van der Waals surface area (Å²) in [6.45, 7) is 1.33. The van der Waals surface area contributed by atoms with Gasteiger partial charge in [0, 0.05) is 19.1 Å². The van der Waals surface area contributed by atoms with Gasteiger partial charge in [0.2, 0.25) is 5.76 Å². The molecule has 1 aromatic heterocycles. The van der Waals surface area contributed by atoms with Crippen molar-refractivity contribution < 1.29 is 9.21 Å². The molecule has 6 heteroatoms. The maximum absolute atomic E-state index is 11.8. The lowest BCUT2D eigenvalue weighted by atomic mass is 10.3. The Hall–Kier alpha value is -0.520. The van der Waals surface area contributed by atoms with E-state index in [1.807, 2.05) is 0 Å². The van der Waals surface area contributed by atoms with Gasteiger partial charge in [0.25, 0.3) is 5.91 Å². The van der Waals surface area contributed by atoms with E-state index >= 15 is 0 Å². The molecular weight excluding hydrogens is 283 g/mol. The number of carbonyl (C=O) groups is 1. The lowest BCUT2D eigenvalue weighted by Gasteiger charge is -2.13. The van der Waals surface area contributed by atoms with Crippen LogP contribution in [0.25, 0.3) is 0 Å². The normalized spacial score (nSPS) is 20.1. The molecule has 0 aromatic carbocycles. The van der Waals surface area contributed by atoms with E-state index in [1.165, 1.54) is 6.26 Å². The molecule has 1 saturated heterocycles. The molecule has 2 N–H and O–H groups in total. The molecule has 1 unspecified atom stereocenters. The fraction of sp³-hybridized carbons (Fsp3) is 0.444. The molecule has 0 saturated carbocycles. The lowest BCUT2D eigenvalue weighted by Crippen LogP contribution is -2.31. The van der Waals surface area contributed by atoms with Crippen molar-refractivity contribution in [1.29, 1.82) is 0 Å². The van der Waals surface area contributed by atoms with E-state index in [4.69, 9.17) is 10.2 Å². The van der Waals surface area contributed by atoms with Crippen LogP contribution in [0.2, 0.25) is 0 Å². The molecule has 1 aliphatic rings. The zero-order chi connectivity index (χ0) is 10.1. The van der Waals surface area contributed by atoms with Gasteiger partial charge in [-0.05, 0) is 28.4 Å². The van der Waals surface area contributed by atoms with Gasteiger partial charge in [0.15, 0.2) is 0 Å². The maximum Gasteiger partial charge on any atom is 0.290 e. The third kappa shape index (κ3) is 2.53. The minimum absolute atomic E-state index is 0. The maximum atomic E-state index is 11.8. The highest BCUT2D eigenvalue weighted by atomic mass is 79.9. The summed E-state index contributed by atoms with van der Waals surface area (Å²) >= 11 is 3.26. The Morgan fingerprint density at radius 2 is 2.40 bits per heavy atom. The number of amides is 1. The standard InChI is InChI=1S/C9H11BrN2O2.ClH/c10-7-2-4-14-8(7)9(13)12-3-1-6(11)5-12;/h2,4,6H,1,3,5,11H2;1H. The van der Waals surface area contributed by atoms with Crippen LogP contribution in [0.15, 0.2) is 21.2 Å². The quantitative estimate of drug-likeness (QED) is 0.857. The van der Waals surface area contributed by atoms with Crippen LogP contribution in [-0.2, 0) is 0 Å². The van der Waals surface area contributed by atoms with Crippen LogP contribution in [0.5, 0.6) is 0 Å². The Balaban J connectivity index is 0.00000112. The molecular formula is C9H12BrClN2O2.